The molecule has 1 atom stereocenters. The van der Waals surface area contributed by atoms with Crippen molar-refractivity contribution >= 4 is 11.6 Å². The lowest BCUT2D eigenvalue weighted by atomic mass is 9.85. The lowest BCUT2D eigenvalue weighted by Crippen LogP contribution is -2.32. The maximum atomic E-state index is 6.15. The largest absolute Gasteiger partial charge is 0.309 e. The van der Waals surface area contributed by atoms with Crippen molar-refractivity contribution in [1.82, 2.24) is 5.32 Å². The first kappa shape index (κ1) is 12.5. The Morgan fingerprint density at radius 1 is 1.33 bits per heavy atom. The van der Waals surface area contributed by atoms with Gasteiger partial charge in [-0.25, -0.2) is 0 Å². The van der Waals surface area contributed by atoms with Gasteiger partial charge in [-0.05, 0) is 54.0 Å². The highest BCUT2D eigenvalue weighted by atomic mass is 35.5. The van der Waals surface area contributed by atoms with Crippen LogP contribution in [0.5, 0.6) is 0 Å². The molecule has 1 nitrogen and oxygen atoms in total. The molecule has 2 heteroatoms. The van der Waals surface area contributed by atoms with Gasteiger partial charge in [0.15, 0.2) is 0 Å². The molecule has 98 valence electrons. The molecule has 0 aromatic heterocycles. The van der Waals surface area contributed by atoms with Crippen LogP contribution in [0.2, 0.25) is 5.02 Å². The Morgan fingerprint density at radius 2 is 2.11 bits per heavy atom. The van der Waals surface area contributed by atoms with E-state index in [-0.39, 0.29) is 0 Å². The van der Waals surface area contributed by atoms with Crippen LogP contribution in [0.25, 0.3) is 0 Å². The highest BCUT2D eigenvalue weighted by Gasteiger charge is 2.38. The van der Waals surface area contributed by atoms with Crippen molar-refractivity contribution in [1.29, 1.82) is 0 Å². The molecule has 18 heavy (non-hydrogen) atoms. The highest BCUT2D eigenvalue weighted by Crippen LogP contribution is 2.46. The molecule has 3 rings (SSSR count). The van der Waals surface area contributed by atoms with Crippen molar-refractivity contribution in [2.75, 3.05) is 6.54 Å². The van der Waals surface area contributed by atoms with Crippen LogP contribution in [-0.2, 0) is 6.42 Å². The number of hydrogen-bond donors (Lipinski definition) is 1. The summed E-state index contributed by atoms with van der Waals surface area (Å²) in [6.07, 6.45) is 5.37. The fraction of sp³-hybridized carbons (Fsp3) is 0.625. The molecule has 0 spiro atoms. The Bertz CT molecular complexity index is 448. The Labute approximate surface area is 115 Å². The predicted octanol–water partition coefficient (Wildman–Crippen LogP) is 4.35. The Hall–Kier alpha value is -0.530. The van der Waals surface area contributed by atoms with Crippen molar-refractivity contribution in [3.63, 3.8) is 0 Å². The topological polar surface area (TPSA) is 12.0 Å². The predicted molar refractivity (Wildman–Crippen MR) is 77.0 cm³/mol. The second-order valence-electron chi connectivity index (χ2n) is 6.63. The first-order valence-electron chi connectivity index (χ1n) is 7.08. The molecule has 1 aromatic rings. The minimum Gasteiger partial charge on any atom is -0.309 e. The third-order valence-corrected chi connectivity index (χ3v) is 4.68. The Morgan fingerprint density at radius 3 is 2.83 bits per heavy atom. The smallest absolute Gasteiger partial charge is 0.0409 e. The van der Waals surface area contributed by atoms with Crippen molar-refractivity contribution in [3.8, 4) is 0 Å². The standard InChI is InChI=1S/C16H22ClN/c1-16(2)10-12-5-6-13(17)9-14(12)15(16)18-8-7-11-3-4-11/h5-6,9,11,15,18H,3-4,7-8,10H2,1-2H3. The molecule has 1 N–H and O–H groups in total. The molecule has 2 aliphatic rings. The van der Waals surface area contributed by atoms with Crippen LogP contribution in [0.15, 0.2) is 18.2 Å². The Kier molecular flexibility index (Phi) is 3.15. The van der Waals surface area contributed by atoms with Crippen LogP contribution < -0.4 is 5.32 Å². The van der Waals surface area contributed by atoms with Gasteiger partial charge in [0, 0.05) is 11.1 Å². The van der Waals surface area contributed by atoms with E-state index in [0.717, 1.165) is 23.9 Å². The second kappa shape index (κ2) is 4.54. The first-order chi connectivity index (χ1) is 8.56. The van der Waals surface area contributed by atoms with Crippen LogP contribution >= 0.6 is 11.6 Å². The number of benzene rings is 1. The number of fused-ring (bicyclic) bond motifs is 1. The molecule has 0 saturated heterocycles. The zero-order valence-electron chi connectivity index (χ0n) is 11.3. The SMILES string of the molecule is CC1(C)Cc2ccc(Cl)cc2C1NCCC1CC1. The maximum Gasteiger partial charge on any atom is 0.0409 e. The summed E-state index contributed by atoms with van der Waals surface area (Å²) >= 11 is 6.15. The Balaban J connectivity index is 1.75. The summed E-state index contributed by atoms with van der Waals surface area (Å²) in [5.74, 6) is 1.00. The highest BCUT2D eigenvalue weighted by molar-refractivity contribution is 6.30. The number of halogens is 1. The van der Waals surface area contributed by atoms with E-state index in [1.54, 1.807) is 0 Å². The van der Waals surface area contributed by atoms with Crippen LogP contribution in [0, 0.1) is 11.3 Å². The van der Waals surface area contributed by atoms with Gasteiger partial charge in [0.25, 0.3) is 0 Å². The minimum atomic E-state index is 0.302. The summed E-state index contributed by atoms with van der Waals surface area (Å²) in [6.45, 7) is 5.86. The third kappa shape index (κ3) is 2.44. The van der Waals surface area contributed by atoms with Crippen LogP contribution in [-0.4, -0.2) is 6.54 Å². The average molecular weight is 264 g/mol. The molecule has 0 bridgehead atoms. The maximum absolute atomic E-state index is 6.15. The number of hydrogen-bond acceptors (Lipinski definition) is 1. The summed E-state index contributed by atoms with van der Waals surface area (Å²) in [7, 11) is 0. The molecule has 1 aromatic carbocycles. The van der Waals surface area contributed by atoms with E-state index >= 15 is 0 Å². The van der Waals surface area contributed by atoms with E-state index in [1.807, 2.05) is 6.07 Å². The van der Waals surface area contributed by atoms with Crippen molar-refractivity contribution in [2.45, 2.75) is 45.6 Å². The van der Waals surface area contributed by atoms with Gasteiger partial charge < -0.3 is 5.32 Å². The normalized spacial score (nSPS) is 25.2. The molecule has 1 unspecified atom stereocenters. The second-order valence-corrected chi connectivity index (χ2v) is 7.06. The molecule has 0 radical (unpaired) electrons. The van der Waals surface area contributed by atoms with Gasteiger partial charge in [-0.15, -0.1) is 0 Å². The lowest BCUT2D eigenvalue weighted by Gasteiger charge is -2.28. The van der Waals surface area contributed by atoms with Crippen molar-refractivity contribution in [2.24, 2.45) is 11.3 Å². The van der Waals surface area contributed by atoms with Gasteiger partial charge in [-0.1, -0.05) is 44.4 Å². The van der Waals surface area contributed by atoms with Gasteiger partial charge in [-0.3, -0.25) is 0 Å². The molecule has 0 aliphatic heterocycles. The fourth-order valence-corrected chi connectivity index (χ4v) is 3.41. The molecule has 0 amide bonds. The zero-order chi connectivity index (χ0) is 12.8. The fourth-order valence-electron chi connectivity index (χ4n) is 3.23. The molecule has 2 aliphatic carbocycles. The van der Waals surface area contributed by atoms with Gasteiger partial charge in [0.2, 0.25) is 0 Å². The van der Waals surface area contributed by atoms with E-state index in [1.165, 1.54) is 30.4 Å². The number of nitrogens with one attached hydrogen (secondary N) is 1. The zero-order valence-corrected chi connectivity index (χ0v) is 12.1. The molecule has 0 heterocycles. The lowest BCUT2D eigenvalue weighted by molar-refractivity contribution is 0.268. The van der Waals surface area contributed by atoms with Crippen LogP contribution in [0.1, 0.15) is 50.3 Å². The van der Waals surface area contributed by atoms with Gasteiger partial charge in [0.1, 0.15) is 0 Å². The van der Waals surface area contributed by atoms with E-state index in [0.29, 0.717) is 11.5 Å². The first-order valence-corrected chi connectivity index (χ1v) is 7.46. The molecular weight excluding hydrogens is 242 g/mol. The average Bonchev–Trinajstić information content (AvgIpc) is 3.07. The summed E-state index contributed by atoms with van der Waals surface area (Å²) < 4.78 is 0. The van der Waals surface area contributed by atoms with E-state index < -0.39 is 0 Å². The summed E-state index contributed by atoms with van der Waals surface area (Å²) in [4.78, 5) is 0. The van der Waals surface area contributed by atoms with Gasteiger partial charge in [0.05, 0.1) is 0 Å². The quantitative estimate of drug-likeness (QED) is 0.851. The van der Waals surface area contributed by atoms with E-state index in [2.05, 4.69) is 31.3 Å². The molecule has 1 fully saturated rings. The van der Waals surface area contributed by atoms with Gasteiger partial charge in [-0.2, -0.15) is 0 Å². The minimum absolute atomic E-state index is 0.302. The van der Waals surface area contributed by atoms with Crippen LogP contribution in [0.3, 0.4) is 0 Å². The summed E-state index contributed by atoms with van der Waals surface area (Å²) in [6, 6.07) is 6.83. The number of rotatable bonds is 4. The van der Waals surface area contributed by atoms with E-state index in [4.69, 9.17) is 11.6 Å². The van der Waals surface area contributed by atoms with Gasteiger partial charge >= 0.3 is 0 Å². The monoisotopic (exact) mass is 263 g/mol. The van der Waals surface area contributed by atoms with E-state index in [9.17, 15) is 0 Å². The summed E-state index contributed by atoms with van der Waals surface area (Å²) in [5, 5.41) is 4.63. The van der Waals surface area contributed by atoms with Crippen molar-refractivity contribution < 1.29 is 0 Å². The molecular formula is C16H22ClN. The van der Waals surface area contributed by atoms with Crippen molar-refractivity contribution in [3.05, 3.63) is 34.3 Å². The summed E-state index contributed by atoms with van der Waals surface area (Å²) in [5.41, 5.74) is 3.19. The van der Waals surface area contributed by atoms with Crippen LogP contribution in [0.4, 0.5) is 0 Å². The molecule has 1 saturated carbocycles. The third-order valence-electron chi connectivity index (χ3n) is 4.44.